The van der Waals surface area contributed by atoms with E-state index in [1.54, 1.807) is 0 Å². The van der Waals surface area contributed by atoms with Gasteiger partial charge in [0.15, 0.2) is 0 Å². The summed E-state index contributed by atoms with van der Waals surface area (Å²) >= 11 is 4.34. The van der Waals surface area contributed by atoms with Crippen LogP contribution in [0.5, 0.6) is 0 Å². The van der Waals surface area contributed by atoms with Crippen molar-refractivity contribution in [1.82, 2.24) is 0 Å². The average molecular weight is 148 g/mol. The Balaban J connectivity index is -0.0000000133. The Bertz CT molecular complexity index is 28.9. The second-order valence-corrected chi connectivity index (χ2v) is 0.594. The molecule has 0 aromatic rings. The van der Waals surface area contributed by atoms with Crippen LogP contribution in [0, 0.1) is 0 Å². The summed E-state index contributed by atoms with van der Waals surface area (Å²) in [6, 6.07) is 0. The fourth-order valence-corrected chi connectivity index (χ4v) is 0. The van der Waals surface area contributed by atoms with Gasteiger partial charge >= 0.3 is 45.0 Å². The molecule has 50 valence electrons. The molecule has 0 aliphatic heterocycles. The van der Waals surface area contributed by atoms with Gasteiger partial charge < -0.3 is 21.0 Å². The van der Waals surface area contributed by atoms with Gasteiger partial charge in [-0.15, -0.1) is 0 Å². The van der Waals surface area contributed by atoms with Crippen LogP contribution in [0.25, 0.3) is 0 Å². The Hall–Kier alpha value is 1.35. The van der Waals surface area contributed by atoms with Gasteiger partial charge in [-0.2, -0.15) is 0 Å². The molecule has 0 aliphatic carbocycles. The van der Waals surface area contributed by atoms with Gasteiger partial charge in [0.2, 0.25) is 0 Å². The van der Waals surface area contributed by atoms with E-state index in [2.05, 4.69) is 16.1 Å². The van der Waals surface area contributed by atoms with Gasteiger partial charge in [-0.3, -0.25) is 4.21 Å². The fraction of sp³-hybridized carbons (Fsp3) is 0. The second kappa shape index (κ2) is 22.8. The summed E-state index contributed by atoms with van der Waals surface area (Å²) in [5.74, 6) is 0. The first kappa shape index (κ1) is 31.6. The molecule has 0 radical (unpaired) electrons. The molecule has 9 heavy (non-hydrogen) atoms. The summed E-state index contributed by atoms with van der Waals surface area (Å²) < 4.78 is 3.33. The molecule has 0 heterocycles. The van der Waals surface area contributed by atoms with E-state index in [-0.39, 0.29) is 48.7 Å². The zero-order chi connectivity index (χ0) is 4.28. The molecule has 5 nitrogen and oxygen atoms in total. The molecular weight excluding hydrogens is 140 g/mol. The van der Waals surface area contributed by atoms with E-state index in [1.807, 2.05) is 0 Å². The van der Waals surface area contributed by atoms with E-state index in [1.165, 1.54) is 0 Å². The molecule has 0 saturated carbocycles. The molecule has 9 heteroatoms. The van der Waals surface area contributed by atoms with Crippen LogP contribution >= 0.6 is 11.9 Å². The zero-order valence-corrected chi connectivity index (χ0v) is 4.01. The fourth-order valence-electron chi connectivity index (χ4n) is 0. The molecule has 0 spiro atoms. The van der Waals surface area contributed by atoms with Crippen LogP contribution in [0.3, 0.4) is 0 Å². The standard InChI is InChI=1S/BClH2O3.2Li.2H2O.2H/c2-5-1(3)4;;;;;;/h3-4H;;;2*1H2;;. The van der Waals surface area contributed by atoms with Crippen LogP contribution < -0.4 is 0 Å². The third kappa shape index (κ3) is 45.0. The predicted octanol–water partition coefficient (Wildman–Crippen LogP) is -3.82. The Labute approximate surface area is 82.0 Å². The van der Waals surface area contributed by atoms with Crippen LogP contribution in [0.4, 0.5) is 0 Å². The monoisotopic (exact) mass is 148 g/mol. The molecule has 0 fully saturated rings. The molecule has 0 unspecified atom stereocenters. The maximum absolute atomic E-state index is 7.56. The van der Waals surface area contributed by atoms with Crippen molar-refractivity contribution in [3.05, 3.63) is 0 Å². The van der Waals surface area contributed by atoms with Crippen molar-refractivity contribution in [2.24, 2.45) is 0 Å². The molecule has 0 aromatic heterocycles. The van der Waals surface area contributed by atoms with Gasteiger partial charge in [0.1, 0.15) is 0 Å². The topological polar surface area (TPSA) is 113 Å². The van der Waals surface area contributed by atoms with Gasteiger partial charge in [-0.05, 0) is 0 Å². The van der Waals surface area contributed by atoms with E-state index in [4.69, 9.17) is 10.0 Å². The molecule has 0 rings (SSSR count). The summed E-state index contributed by atoms with van der Waals surface area (Å²) in [7, 11) is -1.85. The molecule has 0 bridgehead atoms. The van der Waals surface area contributed by atoms with Gasteiger partial charge in [-0.25, -0.2) is 0 Å². The summed E-state index contributed by atoms with van der Waals surface area (Å²) in [4.78, 5) is 0. The number of hydrogen-bond donors (Lipinski definition) is 2. The molecule has 0 aliphatic rings. The van der Waals surface area contributed by atoms with Crippen LogP contribution in [-0.4, -0.2) is 66.0 Å². The van der Waals surface area contributed by atoms with Crippen LogP contribution in [-0.2, 0) is 4.21 Å². The quantitative estimate of drug-likeness (QED) is 0.371. The van der Waals surface area contributed by atoms with Crippen molar-refractivity contribution >= 4 is 56.9 Å². The third-order valence-electron chi connectivity index (χ3n) is 0.0797. The molecule has 0 aromatic carbocycles. The normalized spacial score (nSPS) is 4.33. The minimum atomic E-state index is -1.85. The maximum atomic E-state index is 7.56. The average Bonchev–Trinajstić information content (AvgIpc) is 1.38. The van der Waals surface area contributed by atoms with E-state index < -0.39 is 7.32 Å². The number of rotatable bonds is 1. The van der Waals surface area contributed by atoms with Crippen LogP contribution in [0.2, 0.25) is 0 Å². The zero-order valence-electron chi connectivity index (χ0n) is 3.26. The first-order valence-electron chi connectivity index (χ1n) is 0.906. The Morgan fingerprint density at radius 1 is 1.11 bits per heavy atom. The second-order valence-electron chi connectivity index (χ2n) is 0.415. The summed E-state index contributed by atoms with van der Waals surface area (Å²) in [6.07, 6.45) is 0. The summed E-state index contributed by atoms with van der Waals surface area (Å²) in [6.45, 7) is 0. The Kier molecular flexibility index (Phi) is 80.0. The molecular formula is H8BClLi2O5. The SMILES string of the molecule is O.O.OB(O)OCl.[LiH].[LiH]. The van der Waals surface area contributed by atoms with E-state index in [0.717, 1.165) is 0 Å². The molecule has 6 N–H and O–H groups in total. The summed E-state index contributed by atoms with van der Waals surface area (Å²) in [5.41, 5.74) is 0. The number of halogens is 1. The van der Waals surface area contributed by atoms with E-state index in [0.29, 0.717) is 0 Å². The van der Waals surface area contributed by atoms with Crippen molar-refractivity contribution in [2.75, 3.05) is 0 Å². The van der Waals surface area contributed by atoms with Crippen molar-refractivity contribution in [2.45, 2.75) is 0 Å². The first-order valence-corrected chi connectivity index (χ1v) is 1.22. The van der Waals surface area contributed by atoms with Gasteiger partial charge in [0, 0.05) is 11.9 Å². The van der Waals surface area contributed by atoms with E-state index in [9.17, 15) is 0 Å². The number of hydrogen-bond acceptors (Lipinski definition) is 3. The first-order chi connectivity index (χ1) is 2.27. The van der Waals surface area contributed by atoms with Crippen molar-refractivity contribution in [3.63, 3.8) is 0 Å². The Morgan fingerprint density at radius 3 is 1.22 bits per heavy atom. The van der Waals surface area contributed by atoms with E-state index >= 15 is 0 Å². The van der Waals surface area contributed by atoms with Gasteiger partial charge in [0.25, 0.3) is 0 Å². The molecule has 0 saturated heterocycles. The Morgan fingerprint density at radius 2 is 1.22 bits per heavy atom. The molecule has 0 atom stereocenters. The van der Waals surface area contributed by atoms with Crippen LogP contribution in [0.1, 0.15) is 0 Å². The van der Waals surface area contributed by atoms with Gasteiger partial charge in [0.05, 0.1) is 0 Å². The molecule has 0 amide bonds. The van der Waals surface area contributed by atoms with Gasteiger partial charge in [-0.1, -0.05) is 0 Å². The van der Waals surface area contributed by atoms with Crippen molar-refractivity contribution < 1.29 is 25.2 Å². The van der Waals surface area contributed by atoms with Crippen molar-refractivity contribution in [1.29, 1.82) is 0 Å². The van der Waals surface area contributed by atoms with Crippen LogP contribution in [0.15, 0.2) is 0 Å². The minimum absolute atomic E-state index is 0. The predicted molar refractivity (Wildman–Crippen MR) is 38.7 cm³/mol. The van der Waals surface area contributed by atoms with Crippen molar-refractivity contribution in [3.8, 4) is 0 Å². The third-order valence-corrected chi connectivity index (χ3v) is 0.239. The summed E-state index contributed by atoms with van der Waals surface area (Å²) in [5, 5.41) is 15.1.